The molecule has 0 saturated heterocycles. The Kier molecular flexibility index (Phi) is 6.36. The van der Waals surface area contributed by atoms with Gasteiger partial charge >= 0.3 is 15.2 Å². The number of hydrogen-bond donors (Lipinski definition) is 5. The second-order valence-electron chi connectivity index (χ2n) is 1.84. The molecule has 10 heteroatoms. The molecular weight excluding hydrogens is 295 g/mol. The zero-order valence-electron chi connectivity index (χ0n) is 5.96. The predicted octanol–water partition coefficient (Wildman–Crippen LogP) is -1.16. The van der Waals surface area contributed by atoms with Gasteiger partial charge in [-0.1, -0.05) is 0 Å². The van der Waals surface area contributed by atoms with Crippen molar-refractivity contribution in [1.82, 2.24) is 5.32 Å². The minimum atomic E-state index is -4.77. The van der Waals surface area contributed by atoms with Crippen LogP contribution in [0.5, 0.6) is 0 Å². The van der Waals surface area contributed by atoms with Gasteiger partial charge in [-0.2, -0.15) is 0 Å². The van der Waals surface area contributed by atoms with Gasteiger partial charge in [0.1, 0.15) is 0 Å². The van der Waals surface area contributed by atoms with Crippen molar-refractivity contribution in [2.45, 2.75) is 5.52 Å². The quantitative estimate of drug-likeness (QED) is 0.416. The Morgan fingerprint density at radius 3 is 1.33 bits per heavy atom. The molecule has 0 saturated carbocycles. The van der Waals surface area contributed by atoms with Gasteiger partial charge < -0.3 is 19.6 Å². The molecule has 0 fully saturated rings. The average molecular weight is 304 g/mol. The topological polar surface area (TPSA) is 127 Å². The smallest absolute Gasteiger partial charge is 0.323 e. The van der Waals surface area contributed by atoms with E-state index in [0.717, 1.165) is 7.05 Å². The molecule has 7 nitrogen and oxygen atoms in total. The summed E-state index contributed by atoms with van der Waals surface area (Å²) in [5.74, 6) is 0. The van der Waals surface area contributed by atoms with Gasteiger partial charge in [-0.05, 0) is 7.05 Å². The van der Waals surface area contributed by atoms with Crippen molar-refractivity contribution >= 4 is 15.2 Å². The first-order valence-corrected chi connectivity index (χ1v) is 5.83. The number of rotatable bonds is 3. The summed E-state index contributed by atoms with van der Waals surface area (Å²) < 4.78 is 20.7. The molecule has 75 valence electrons. The summed E-state index contributed by atoms with van der Waals surface area (Å²) in [6.07, 6.45) is 0. The Morgan fingerprint density at radius 2 is 1.33 bits per heavy atom. The van der Waals surface area contributed by atoms with E-state index in [1.165, 1.54) is 0 Å². The molecule has 0 heterocycles. The van der Waals surface area contributed by atoms with E-state index < -0.39 is 20.7 Å². The van der Waals surface area contributed by atoms with Crippen LogP contribution in [0.4, 0.5) is 0 Å². The van der Waals surface area contributed by atoms with Crippen LogP contribution in [-0.2, 0) is 29.2 Å². The van der Waals surface area contributed by atoms with E-state index in [-0.39, 0.29) is 20.1 Å². The van der Waals surface area contributed by atoms with Crippen LogP contribution in [0.15, 0.2) is 0 Å². The van der Waals surface area contributed by atoms with Crippen LogP contribution in [0.1, 0.15) is 0 Å². The molecule has 0 aliphatic rings. The van der Waals surface area contributed by atoms with E-state index in [2.05, 4.69) is 0 Å². The first-order chi connectivity index (χ1) is 4.69. The van der Waals surface area contributed by atoms with E-state index in [4.69, 9.17) is 19.6 Å². The number of nitrogens with one attached hydrogen (secondary N) is 1. The second-order valence-corrected chi connectivity index (χ2v) is 5.64. The molecule has 0 aromatic rings. The van der Waals surface area contributed by atoms with Crippen LogP contribution in [0.3, 0.4) is 0 Å². The first kappa shape index (κ1) is 15.4. The van der Waals surface area contributed by atoms with E-state index in [9.17, 15) is 9.13 Å². The van der Waals surface area contributed by atoms with Crippen LogP contribution in [0.2, 0.25) is 0 Å². The molecule has 0 aliphatic carbocycles. The number of hydrogen-bond acceptors (Lipinski definition) is 3. The molecule has 0 atom stereocenters. The van der Waals surface area contributed by atoms with Gasteiger partial charge in [0.2, 0.25) is 5.52 Å². The van der Waals surface area contributed by atoms with Gasteiger partial charge in [0, 0.05) is 20.1 Å². The summed E-state index contributed by atoms with van der Waals surface area (Å²) >= 11 is 0. The molecular formula is C2H9NO6P2Tc. The fourth-order valence-corrected chi connectivity index (χ4v) is 2.77. The maximum Gasteiger partial charge on any atom is 0.354 e. The Bertz CT molecular complexity index is 198. The van der Waals surface area contributed by atoms with Gasteiger partial charge in [-0.3, -0.25) is 14.4 Å². The third-order valence-electron chi connectivity index (χ3n) is 0.895. The van der Waals surface area contributed by atoms with Crippen LogP contribution in [-0.4, -0.2) is 32.1 Å². The van der Waals surface area contributed by atoms with Gasteiger partial charge in [-0.15, -0.1) is 0 Å². The van der Waals surface area contributed by atoms with Crippen molar-refractivity contribution < 1.29 is 48.8 Å². The molecule has 5 N–H and O–H groups in total. The van der Waals surface area contributed by atoms with Crippen LogP contribution in [0.25, 0.3) is 0 Å². The SMILES string of the molecule is CNC(P(=O)(O)O)P(=O)(O)O.[99Tc]. The summed E-state index contributed by atoms with van der Waals surface area (Å²) in [6, 6.07) is 0. The molecule has 0 aromatic heterocycles. The summed E-state index contributed by atoms with van der Waals surface area (Å²) in [7, 11) is -8.48. The Balaban J connectivity index is 0. The maximum atomic E-state index is 10.3. The Labute approximate surface area is 82.2 Å². The standard InChI is InChI=1S/C2H9NO6P2.Tc/c1-3-2(10(4,5)6)11(7,8)9;/h2-3H,1H3,(H2,4,5,6)(H2,7,8,9);/i;1+1. The minimum Gasteiger partial charge on any atom is -0.323 e. The Morgan fingerprint density at radius 1 is 1.08 bits per heavy atom. The zero-order chi connectivity index (χ0) is 9.28. The maximum absolute atomic E-state index is 10.3. The molecule has 0 spiro atoms. The van der Waals surface area contributed by atoms with Crippen molar-refractivity contribution in [1.29, 1.82) is 0 Å². The molecule has 0 aromatic carbocycles. The van der Waals surface area contributed by atoms with Gasteiger partial charge in [0.25, 0.3) is 0 Å². The monoisotopic (exact) mass is 304 g/mol. The van der Waals surface area contributed by atoms with Crippen LogP contribution >= 0.6 is 15.2 Å². The second kappa shape index (κ2) is 4.96. The predicted molar refractivity (Wildman–Crippen MR) is 36.9 cm³/mol. The fourth-order valence-electron chi connectivity index (χ4n) is 0.532. The van der Waals surface area contributed by atoms with Crippen molar-refractivity contribution in [2.75, 3.05) is 7.05 Å². The molecule has 0 amide bonds. The largest absolute Gasteiger partial charge is 0.354 e. The Hall–Kier alpha value is 0.909. The van der Waals surface area contributed by atoms with Crippen molar-refractivity contribution in [3.63, 3.8) is 0 Å². The summed E-state index contributed by atoms with van der Waals surface area (Å²) in [4.78, 5) is 33.5. The third-order valence-corrected chi connectivity index (χ3v) is 4.49. The summed E-state index contributed by atoms with van der Waals surface area (Å²) in [5, 5.41) is 1.86. The minimum absolute atomic E-state index is 0. The van der Waals surface area contributed by atoms with Crippen molar-refractivity contribution in [2.24, 2.45) is 0 Å². The molecule has 1 radical (unpaired) electrons. The fraction of sp³-hybridized carbons (Fsp3) is 1.00. The van der Waals surface area contributed by atoms with E-state index in [0.29, 0.717) is 0 Å². The average Bonchev–Trinajstić information content (AvgIpc) is 1.56. The van der Waals surface area contributed by atoms with Crippen molar-refractivity contribution in [3.8, 4) is 0 Å². The molecule has 0 bridgehead atoms. The summed E-state index contributed by atoms with van der Waals surface area (Å²) in [5.41, 5.74) is -2.10. The normalized spacial score (nSPS) is 12.8. The third kappa shape index (κ3) is 4.82. The van der Waals surface area contributed by atoms with Gasteiger partial charge in [-0.25, -0.2) is 0 Å². The first-order valence-electron chi connectivity index (χ1n) is 2.47. The molecule has 12 heavy (non-hydrogen) atoms. The van der Waals surface area contributed by atoms with Crippen LogP contribution < -0.4 is 5.32 Å². The van der Waals surface area contributed by atoms with Gasteiger partial charge in [0.15, 0.2) is 0 Å². The zero-order valence-corrected chi connectivity index (χ0v) is 9.60. The van der Waals surface area contributed by atoms with E-state index in [1.807, 2.05) is 5.32 Å². The molecule has 0 aliphatic heterocycles. The van der Waals surface area contributed by atoms with Crippen LogP contribution in [0, 0.1) is 0 Å². The van der Waals surface area contributed by atoms with E-state index >= 15 is 0 Å². The summed E-state index contributed by atoms with van der Waals surface area (Å²) in [6.45, 7) is 0. The van der Waals surface area contributed by atoms with E-state index in [1.54, 1.807) is 0 Å². The molecule has 0 unspecified atom stereocenters. The van der Waals surface area contributed by atoms with Crippen molar-refractivity contribution in [3.05, 3.63) is 0 Å². The van der Waals surface area contributed by atoms with Gasteiger partial charge in [0.05, 0.1) is 0 Å². The molecule has 0 rings (SSSR count).